The van der Waals surface area contributed by atoms with Crippen molar-refractivity contribution in [2.24, 2.45) is 0 Å². The second-order valence-corrected chi connectivity index (χ2v) is 9.10. The summed E-state index contributed by atoms with van der Waals surface area (Å²) in [5.41, 5.74) is 1.13. The molecule has 3 rings (SSSR count). The van der Waals surface area contributed by atoms with Crippen molar-refractivity contribution in [1.82, 2.24) is 10.0 Å². The normalized spacial score (nSPS) is 14.0. The fourth-order valence-corrected chi connectivity index (χ4v) is 4.76. The Morgan fingerprint density at radius 3 is 2.43 bits per heavy atom. The minimum Gasteiger partial charge on any atom is -0.495 e. The lowest BCUT2D eigenvalue weighted by Gasteiger charge is -2.12. The maximum atomic E-state index is 12.6. The lowest BCUT2D eigenvalue weighted by molar-refractivity contribution is 0.0954. The number of nitrogens with one attached hydrogen (secondary N) is 2. The van der Waals surface area contributed by atoms with Gasteiger partial charge in [-0.2, -0.15) is 0 Å². The van der Waals surface area contributed by atoms with E-state index < -0.39 is 10.0 Å². The lowest BCUT2D eigenvalue weighted by Crippen LogP contribution is -2.28. The van der Waals surface area contributed by atoms with Gasteiger partial charge in [0.05, 0.1) is 7.11 Å². The number of benzene rings is 2. The summed E-state index contributed by atoms with van der Waals surface area (Å²) in [5, 5.41) is 3.83. The molecule has 1 aliphatic carbocycles. The van der Waals surface area contributed by atoms with E-state index >= 15 is 0 Å². The highest BCUT2D eigenvalue weighted by Gasteiger charge is 2.30. The molecule has 0 radical (unpaired) electrons. The number of amides is 1. The van der Waals surface area contributed by atoms with Crippen molar-refractivity contribution >= 4 is 39.1 Å². The third-order valence-corrected chi connectivity index (χ3v) is 6.21. The van der Waals surface area contributed by atoms with E-state index in [2.05, 4.69) is 10.0 Å². The molecule has 0 aromatic heterocycles. The molecule has 1 aliphatic rings. The van der Waals surface area contributed by atoms with E-state index in [1.54, 1.807) is 18.2 Å². The SMILES string of the molecule is COc1ccc(C(=O)NCCc2cc(Cl)cc(Cl)c2)cc1S(=O)(=O)NC1CC1. The molecule has 0 unspecified atom stereocenters. The first-order chi connectivity index (χ1) is 13.3. The van der Waals surface area contributed by atoms with Gasteiger partial charge in [0.25, 0.3) is 5.91 Å². The molecule has 1 amide bonds. The first kappa shape index (κ1) is 20.9. The summed E-state index contributed by atoms with van der Waals surface area (Å²) in [6.45, 7) is 0.351. The summed E-state index contributed by atoms with van der Waals surface area (Å²) in [4.78, 5) is 12.4. The summed E-state index contributed by atoms with van der Waals surface area (Å²) in [6.07, 6.45) is 2.17. The van der Waals surface area contributed by atoms with Crippen LogP contribution in [0.3, 0.4) is 0 Å². The fourth-order valence-electron chi connectivity index (χ4n) is 2.69. The smallest absolute Gasteiger partial charge is 0.251 e. The van der Waals surface area contributed by atoms with E-state index in [0.29, 0.717) is 23.0 Å². The van der Waals surface area contributed by atoms with Gasteiger partial charge >= 0.3 is 0 Å². The minimum atomic E-state index is -3.75. The van der Waals surface area contributed by atoms with Gasteiger partial charge in [-0.15, -0.1) is 0 Å². The number of sulfonamides is 1. The first-order valence-electron chi connectivity index (χ1n) is 8.72. The van der Waals surface area contributed by atoms with Gasteiger partial charge in [0.15, 0.2) is 0 Å². The summed E-state index contributed by atoms with van der Waals surface area (Å²) in [6, 6.07) is 9.49. The molecule has 0 atom stereocenters. The third-order valence-electron chi connectivity index (χ3n) is 4.24. The Bertz CT molecular complexity index is 971. The molecule has 2 N–H and O–H groups in total. The van der Waals surface area contributed by atoms with Crippen LogP contribution in [0.5, 0.6) is 5.75 Å². The average Bonchev–Trinajstić information content (AvgIpc) is 3.43. The van der Waals surface area contributed by atoms with Gasteiger partial charge in [0.2, 0.25) is 10.0 Å². The van der Waals surface area contributed by atoms with Crippen molar-refractivity contribution < 1.29 is 17.9 Å². The molecule has 6 nitrogen and oxygen atoms in total. The number of halogens is 2. The molecule has 9 heteroatoms. The molecule has 0 saturated heterocycles. The number of ether oxygens (including phenoxy) is 1. The maximum absolute atomic E-state index is 12.6. The predicted molar refractivity (Wildman–Crippen MR) is 109 cm³/mol. The van der Waals surface area contributed by atoms with E-state index in [1.165, 1.54) is 25.3 Å². The Labute approximate surface area is 174 Å². The van der Waals surface area contributed by atoms with Gasteiger partial charge in [-0.25, -0.2) is 13.1 Å². The monoisotopic (exact) mass is 442 g/mol. The number of methoxy groups -OCH3 is 1. The van der Waals surface area contributed by atoms with Crippen LogP contribution in [-0.2, 0) is 16.4 Å². The summed E-state index contributed by atoms with van der Waals surface area (Å²) in [7, 11) is -2.36. The number of carbonyl (C=O) groups excluding carboxylic acids is 1. The molecule has 150 valence electrons. The van der Waals surface area contributed by atoms with Gasteiger partial charge < -0.3 is 10.1 Å². The van der Waals surface area contributed by atoms with Gasteiger partial charge in [-0.3, -0.25) is 4.79 Å². The summed E-state index contributed by atoms with van der Waals surface area (Å²) >= 11 is 11.9. The Morgan fingerprint density at radius 1 is 1.14 bits per heavy atom. The number of carbonyl (C=O) groups is 1. The zero-order chi connectivity index (χ0) is 20.3. The molecule has 1 fully saturated rings. The molecule has 1 saturated carbocycles. The van der Waals surface area contributed by atoms with E-state index in [0.717, 1.165) is 18.4 Å². The van der Waals surface area contributed by atoms with Crippen molar-refractivity contribution in [1.29, 1.82) is 0 Å². The van der Waals surface area contributed by atoms with E-state index in [1.807, 2.05) is 0 Å². The van der Waals surface area contributed by atoms with Gasteiger partial charge in [-0.1, -0.05) is 23.2 Å². The van der Waals surface area contributed by atoms with Crippen LogP contribution in [0.2, 0.25) is 10.0 Å². The topological polar surface area (TPSA) is 84.5 Å². The summed E-state index contributed by atoms with van der Waals surface area (Å²) in [5.74, 6) is -0.183. The first-order valence-corrected chi connectivity index (χ1v) is 11.0. The Kier molecular flexibility index (Phi) is 6.50. The van der Waals surface area contributed by atoms with Crippen molar-refractivity contribution in [2.45, 2.75) is 30.2 Å². The molecule has 28 heavy (non-hydrogen) atoms. The van der Waals surface area contributed by atoms with Gasteiger partial charge in [-0.05, 0) is 61.2 Å². The molecule has 2 aromatic rings. The standard InChI is InChI=1S/C19H20Cl2N2O4S/c1-27-17-5-2-13(10-18(17)28(25,26)23-16-3-4-16)19(24)22-7-6-12-8-14(20)11-15(21)9-12/h2,5,8-11,16,23H,3-4,6-7H2,1H3,(H,22,24). The molecule has 0 heterocycles. The van der Waals surface area contributed by atoms with Crippen LogP contribution in [0.4, 0.5) is 0 Å². The van der Waals surface area contributed by atoms with Crippen molar-refractivity contribution in [3.63, 3.8) is 0 Å². The quantitative estimate of drug-likeness (QED) is 0.655. The van der Waals surface area contributed by atoms with Crippen molar-refractivity contribution in [2.75, 3.05) is 13.7 Å². The van der Waals surface area contributed by atoms with Crippen LogP contribution < -0.4 is 14.8 Å². The molecule has 0 aliphatic heterocycles. The maximum Gasteiger partial charge on any atom is 0.251 e. The predicted octanol–water partition coefficient (Wildman–Crippen LogP) is 3.42. The van der Waals surface area contributed by atoms with Crippen molar-refractivity contribution in [3.8, 4) is 5.75 Å². The number of rotatable bonds is 8. The minimum absolute atomic E-state index is 0.0447. The summed E-state index contributed by atoms with van der Waals surface area (Å²) < 4.78 is 32.9. The number of hydrogen-bond acceptors (Lipinski definition) is 4. The van der Waals surface area contributed by atoms with Crippen LogP contribution in [-0.4, -0.2) is 34.0 Å². The van der Waals surface area contributed by atoms with Crippen LogP contribution >= 0.6 is 23.2 Å². The van der Waals surface area contributed by atoms with E-state index in [-0.39, 0.29) is 28.2 Å². The molecule has 0 spiro atoms. The van der Waals surface area contributed by atoms with Crippen LogP contribution in [0.15, 0.2) is 41.3 Å². The third kappa shape index (κ3) is 5.38. The van der Waals surface area contributed by atoms with Gasteiger partial charge in [0.1, 0.15) is 10.6 Å². The van der Waals surface area contributed by atoms with Crippen LogP contribution in [0, 0.1) is 0 Å². The Morgan fingerprint density at radius 2 is 1.82 bits per heavy atom. The Hall–Kier alpha value is -1.80. The zero-order valence-electron chi connectivity index (χ0n) is 15.2. The zero-order valence-corrected chi connectivity index (χ0v) is 17.5. The second kappa shape index (κ2) is 8.69. The molecule has 2 aromatic carbocycles. The number of hydrogen-bond donors (Lipinski definition) is 2. The highest BCUT2D eigenvalue weighted by atomic mass is 35.5. The highest BCUT2D eigenvalue weighted by Crippen LogP contribution is 2.28. The van der Waals surface area contributed by atoms with Gasteiger partial charge in [0, 0.05) is 28.2 Å². The molecular formula is C19H20Cl2N2O4S. The molecular weight excluding hydrogens is 423 g/mol. The largest absolute Gasteiger partial charge is 0.495 e. The molecule has 0 bridgehead atoms. The highest BCUT2D eigenvalue weighted by molar-refractivity contribution is 7.89. The Balaban J connectivity index is 1.70. The average molecular weight is 443 g/mol. The second-order valence-electron chi connectivity index (χ2n) is 6.54. The van der Waals surface area contributed by atoms with E-state index in [4.69, 9.17) is 27.9 Å². The lowest BCUT2D eigenvalue weighted by atomic mass is 10.1. The van der Waals surface area contributed by atoms with Crippen molar-refractivity contribution in [3.05, 3.63) is 57.6 Å². The fraction of sp³-hybridized carbons (Fsp3) is 0.316. The van der Waals surface area contributed by atoms with Crippen LogP contribution in [0.1, 0.15) is 28.8 Å². The van der Waals surface area contributed by atoms with E-state index in [9.17, 15) is 13.2 Å². The van der Waals surface area contributed by atoms with Crippen LogP contribution in [0.25, 0.3) is 0 Å².